The first kappa shape index (κ1) is 18.1. The Labute approximate surface area is 145 Å². The number of carbonyl (C=O) groups is 1. The summed E-state index contributed by atoms with van der Waals surface area (Å²) >= 11 is 0. The van der Waals surface area contributed by atoms with Crippen molar-refractivity contribution >= 4 is 5.91 Å². The lowest BCUT2D eigenvalue weighted by Crippen LogP contribution is -2.28. The van der Waals surface area contributed by atoms with E-state index in [0.29, 0.717) is 13.0 Å². The zero-order valence-corrected chi connectivity index (χ0v) is 14.7. The van der Waals surface area contributed by atoms with Gasteiger partial charge in [0.15, 0.2) is 0 Å². The van der Waals surface area contributed by atoms with Gasteiger partial charge in [0.25, 0.3) is 0 Å². The van der Waals surface area contributed by atoms with Crippen LogP contribution in [-0.2, 0) is 11.2 Å². The number of rotatable bonds is 9. The van der Waals surface area contributed by atoms with Crippen molar-refractivity contribution in [3.8, 4) is 5.75 Å². The molecule has 0 saturated carbocycles. The molecule has 0 atom stereocenters. The number of ether oxygens (including phenoxy) is 1. The molecule has 0 aliphatic rings. The topological polar surface area (TPSA) is 29.5 Å². The highest BCUT2D eigenvalue weighted by Gasteiger charge is 2.08. The molecule has 128 valence electrons. The lowest BCUT2D eigenvalue weighted by molar-refractivity contribution is -0.130. The number of nitrogens with zero attached hydrogens (tertiary/aromatic N) is 1. The summed E-state index contributed by atoms with van der Waals surface area (Å²) in [6, 6.07) is 18.3. The molecule has 0 N–H and O–H groups in total. The Morgan fingerprint density at radius 3 is 2.46 bits per heavy atom. The summed E-state index contributed by atoms with van der Waals surface area (Å²) in [6.45, 7) is 3.40. The minimum atomic E-state index is 0.210. The third kappa shape index (κ3) is 6.07. The summed E-state index contributed by atoms with van der Waals surface area (Å²) in [4.78, 5) is 13.9. The van der Waals surface area contributed by atoms with E-state index in [9.17, 15) is 4.79 Å². The fourth-order valence-electron chi connectivity index (χ4n) is 2.61. The van der Waals surface area contributed by atoms with Gasteiger partial charge < -0.3 is 9.64 Å². The highest BCUT2D eigenvalue weighted by atomic mass is 16.5. The average molecular weight is 325 g/mol. The first-order valence-electron chi connectivity index (χ1n) is 8.63. The highest BCUT2D eigenvalue weighted by Crippen LogP contribution is 2.16. The third-order valence-corrected chi connectivity index (χ3v) is 4.11. The molecule has 0 aliphatic heterocycles. The van der Waals surface area contributed by atoms with Crippen LogP contribution in [0.2, 0.25) is 0 Å². The lowest BCUT2D eigenvalue weighted by Gasteiger charge is -2.17. The second-order valence-corrected chi connectivity index (χ2v) is 6.12. The average Bonchev–Trinajstić information content (AvgIpc) is 2.60. The van der Waals surface area contributed by atoms with Gasteiger partial charge in [-0.2, -0.15) is 0 Å². The second-order valence-electron chi connectivity index (χ2n) is 6.12. The Balaban J connectivity index is 1.60. The molecule has 0 aromatic heterocycles. The minimum Gasteiger partial charge on any atom is -0.493 e. The first-order chi connectivity index (χ1) is 11.7. The van der Waals surface area contributed by atoms with Crippen molar-refractivity contribution in [1.82, 2.24) is 4.90 Å². The SMILES string of the molecule is Cc1ccccc1OCCCN(C)C(=O)CCCc1ccccc1. The number of benzene rings is 2. The predicted molar refractivity (Wildman–Crippen MR) is 98.3 cm³/mol. The van der Waals surface area contributed by atoms with Crippen LogP contribution in [0.25, 0.3) is 0 Å². The van der Waals surface area contributed by atoms with Crippen molar-refractivity contribution in [2.45, 2.75) is 32.6 Å². The van der Waals surface area contributed by atoms with Gasteiger partial charge in [-0.05, 0) is 43.4 Å². The fraction of sp³-hybridized carbons (Fsp3) is 0.381. The molecule has 0 radical (unpaired) electrons. The van der Waals surface area contributed by atoms with E-state index in [4.69, 9.17) is 4.74 Å². The number of aryl methyl sites for hydroxylation is 2. The van der Waals surface area contributed by atoms with E-state index in [1.165, 1.54) is 5.56 Å². The quantitative estimate of drug-likeness (QED) is 0.645. The summed E-state index contributed by atoms with van der Waals surface area (Å²) in [5, 5.41) is 0. The van der Waals surface area contributed by atoms with Gasteiger partial charge in [0.05, 0.1) is 6.61 Å². The molecule has 0 heterocycles. The molecule has 2 aromatic rings. The second kappa shape index (κ2) is 9.76. The molecule has 0 bridgehead atoms. The van der Waals surface area contributed by atoms with Crippen molar-refractivity contribution < 1.29 is 9.53 Å². The summed E-state index contributed by atoms with van der Waals surface area (Å²) in [5.41, 5.74) is 2.43. The van der Waals surface area contributed by atoms with Gasteiger partial charge in [0.2, 0.25) is 5.91 Å². The maximum absolute atomic E-state index is 12.1. The van der Waals surface area contributed by atoms with Gasteiger partial charge in [0, 0.05) is 20.0 Å². The lowest BCUT2D eigenvalue weighted by atomic mass is 10.1. The van der Waals surface area contributed by atoms with E-state index in [1.807, 2.05) is 61.3 Å². The number of amides is 1. The largest absolute Gasteiger partial charge is 0.493 e. The summed E-state index contributed by atoms with van der Waals surface area (Å²) in [7, 11) is 1.87. The molecule has 0 fully saturated rings. The van der Waals surface area contributed by atoms with E-state index in [0.717, 1.165) is 37.1 Å². The van der Waals surface area contributed by atoms with Crippen LogP contribution in [0.15, 0.2) is 54.6 Å². The summed E-state index contributed by atoms with van der Waals surface area (Å²) < 4.78 is 5.77. The maximum atomic E-state index is 12.1. The van der Waals surface area contributed by atoms with Crippen molar-refractivity contribution in [3.63, 3.8) is 0 Å². The summed E-state index contributed by atoms with van der Waals surface area (Å²) in [5.74, 6) is 1.14. The minimum absolute atomic E-state index is 0.210. The van der Waals surface area contributed by atoms with E-state index >= 15 is 0 Å². The molecule has 2 rings (SSSR count). The van der Waals surface area contributed by atoms with Gasteiger partial charge in [-0.15, -0.1) is 0 Å². The monoisotopic (exact) mass is 325 g/mol. The number of hydrogen-bond donors (Lipinski definition) is 0. The maximum Gasteiger partial charge on any atom is 0.222 e. The van der Waals surface area contributed by atoms with Gasteiger partial charge in [-0.25, -0.2) is 0 Å². The predicted octanol–water partition coefficient (Wildman–Crippen LogP) is 4.25. The van der Waals surface area contributed by atoms with Crippen LogP contribution in [0.1, 0.15) is 30.4 Å². The van der Waals surface area contributed by atoms with E-state index < -0.39 is 0 Å². The molecule has 2 aromatic carbocycles. The van der Waals surface area contributed by atoms with Gasteiger partial charge in [-0.3, -0.25) is 4.79 Å². The number of para-hydroxylation sites is 1. The molecule has 24 heavy (non-hydrogen) atoms. The standard InChI is InChI=1S/C21H27NO2/c1-18-10-6-7-14-20(18)24-17-9-16-22(2)21(23)15-8-13-19-11-4-3-5-12-19/h3-7,10-12,14H,8-9,13,15-17H2,1-2H3. The number of hydrogen-bond acceptors (Lipinski definition) is 2. The molecule has 0 aliphatic carbocycles. The van der Waals surface area contributed by atoms with Crippen molar-refractivity contribution in [2.24, 2.45) is 0 Å². The molecule has 3 heteroatoms. The van der Waals surface area contributed by atoms with Crippen LogP contribution >= 0.6 is 0 Å². The normalized spacial score (nSPS) is 10.4. The Bertz CT molecular complexity index is 625. The molecular formula is C21H27NO2. The zero-order valence-electron chi connectivity index (χ0n) is 14.7. The van der Waals surface area contributed by atoms with Gasteiger partial charge >= 0.3 is 0 Å². The van der Waals surface area contributed by atoms with Crippen LogP contribution in [0.5, 0.6) is 5.75 Å². The van der Waals surface area contributed by atoms with Crippen molar-refractivity contribution in [3.05, 3.63) is 65.7 Å². The van der Waals surface area contributed by atoms with E-state index in [-0.39, 0.29) is 5.91 Å². The van der Waals surface area contributed by atoms with Crippen LogP contribution in [0, 0.1) is 6.92 Å². The van der Waals surface area contributed by atoms with Gasteiger partial charge in [-0.1, -0.05) is 48.5 Å². The van der Waals surface area contributed by atoms with Crippen LogP contribution in [0.4, 0.5) is 0 Å². The van der Waals surface area contributed by atoms with Gasteiger partial charge in [0.1, 0.15) is 5.75 Å². The number of carbonyl (C=O) groups excluding carboxylic acids is 1. The molecule has 0 saturated heterocycles. The van der Waals surface area contributed by atoms with Crippen molar-refractivity contribution in [1.29, 1.82) is 0 Å². The third-order valence-electron chi connectivity index (χ3n) is 4.11. The summed E-state index contributed by atoms with van der Waals surface area (Å²) in [6.07, 6.45) is 3.29. The first-order valence-corrected chi connectivity index (χ1v) is 8.63. The Hall–Kier alpha value is -2.29. The molecule has 0 spiro atoms. The Morgan fingerprint density at radius 2 is 1.71 bits per heavy atom. The van der Waals surface area contributed by atoms with Crippen LogP contribution in [-0.4, -0.2) is 31.0 Å². The smallest absolute Gasteiger partial charge is 0.222 e. The van der Waals surface area contributed by atoms with Crippen LogP contribution < -0.4 is 4.74 Å². The highest BCUT2D eigenvalue weighted by molar-refractivity contribution is 5.75. The Kier molecular flexibility index (Phi) is 7.34. The fourth-order valence-corrected chi connectivity index (χ4v) is 2.61. The van der Waals surface area contributed by atoms with E-state index in [1.54, 1.807) is 0 Å². The van der Waals surface area contributed by atoms with E-state index in [2.05, 4.69) is 12.1 Å². The van der Waals surface area contributed by atoms with Crippen LogP contribution in [0.3, 0.4) is 0 Å². The molecular weight excluding hydrogens is 298 g/mol. The molecule has 3 nitrogen and oxygen atoms in total. The molecule has 1 amide bonds. The molecule has 0 unspecified atom stereocenters. The zero-order chi connectivity index (χ0) is 17.2. The van der Waals surface area contributed by atoms with Crippen molar-refractivity contribution in [2.75, 3.05) is 20.2 Å². The Morgan fingerprint density at radius 1 is 1.00 bits per heavy atom.